The van der Waals surface area contributed by atoms with Crippen LogP contribution in [0.2, 0.25) is 0 Å². The first-order valence-corrected chi connectivity index (χ1v) is 9.39. The lowest BCUT2D eigenvalue weighted by Crippen LogP contribution is -2.33. The highest BCUT2D eigenvalue weighted by atomic mass is 32.2. The Labute approximate surface area is 147 Å². The molecule has 1 aromatic carbocycles. The van der Waals surface area contributed by atoms with E-state index < -0.39 is 0 Å². The van der Waals surface area contributed by atoms with Crippen LogP contribution in [0.5, 0.6) is 0 Å². The Kier molecular flexibility index (Phi) is 5.23. The quantitative estimate of drug-likeness (QED) is 0.782. The molecule has 1 aromatic heterocycles. The molecule has 128 valence electrons. The topological polar surface area (TPSA) is 59.8 Å². The molecular formula is C18H24N4OS. The lowest BCUT2D eigenvalue weighted by molar-refractivity contribution is -0.120. The third kappa shape index (κ3) is 3.98. The number of hydrogen-bond donors (Lipinski definition) is 1. The van der Waals surface area contributed by atoms with Crippen molar-refractivity contribution in [3.8, 4) is 5.69 Å². The largest absolute Gasteiger partial charge is 0.355 e. The number of amides is 1. The molecule has 24 heavy (non-hydrogen) atoms. The highest BCUT2D eigenvalue weighted by molar-refractivity contribution is 8.00. The van der Waals surface area contributed by atoms with Crippen LogP contribution in [-0.2, 0) is 4.79 Å². The van der Waals surface area contributed by atoms with Crippen molar-refractivity contribution < 1.29 is 4.79 Å². The molecule has 6 heteroatoms. The summed E-state index contributed by atoms with van der Waals surface area (Å²) in [5, 5.41) is 12.3. The molecule has 3 rings (SSSR count). The fourth-order valence-electron chi connectivity index (χ4n) is 2.44. The summed E-state index contributed by atoms with van der Waals surface area (Å²) < 4.78 is 2.11. The van der Waals surface area contributed by atoms with E-state index >= 15 is 0 Å². The molecular weight excluding hydrogens is 320 g/mol. The molecule has 0 saturated heterocycles. The smallest absolute Gasteiger partial charge is 0.233 e. The molecule has 1 amide bonds. The number of nitrogens with zero attached hydrogens (tertiary/aromatic N) is 3. The molecule has 1 heterocycles. The van der Waals surface area contributed by atoms with Crippen molar-refractivity contribution >= 4 is 17.7 Å². The van der Waals surface area contributed by atoms with Gasteiger partial charge in [-0.1, -0.05) is 43.8 Å². The fourth-order valence-corrected chi connectivity index (χ4v) is 3.34. The number of carbonyl (C=O) groups is 1. The minimum absolute atomic E-state index is 0.0456. The van der Waals surface area contributed by atoms with Crippen molar-refractivity contribution in [2.75, 3.05) is 6.54 Å². The predicted molar refractivity (Wildman–Crippen MR) is 96.5 cm³/mol. The summed E-state index contributed by atoms with van der Waals surface area (Å²) in [6.07, 6.45) is 2.33. The number of nitrogens with one attached hydrogen (secondary N) is 1. The fraction of sp³-hybridized carbons (Fsp3) is 0.500. The van der Waals surface area contributed by atoms with Crippen LogP contribution in [0.1, 0.15) is 45.4 Å². The van der Waals surface area contributed by atoms with E-state index in [1.807, 2.05) is 25.1 Å². The molecule has 1 N–H and O–H groups in total. The zero-order chi connectivity index (χ0) is 17.1. The Morgan fingerprint density at radius 2 is 1.96 bits per heavy atom. The van der Waals surface area contributed by atoms with Gasteiger partial charge in [0.25, 0.3) is 0 Å². The van der Waals surface area contributed by atoms with Gasteiger partial charge in [0, 0.05) is 18.2 Å². The first-order chi connectivity index (χ1) is 11.6. The van der Waals surface area contributed by atoms with Crippen LogP contribution in [0.3, 0.4) is 0 Å². The van der Waals surface area contributed by atoms with E-state index in [1.165, 1.54) is 24.6 Å². The Bertz CT molecular complexity index is 694. The monoisotopic (exact) mass is 344 g/mol. The van der Waals surface area contributed by atoms with E-state index in [1.54, 1.807) is 0 Å². The van der Waals surface area contributed by atoms with Gasteiger partial charge < -0.3 is 5.32 Å². The number of hydrogen-bond acceptors (Lipinski definition) is 4. The number of para-hydroxylation sites is 1. The van der Waals surface area contributed by atoms with Crippen LogP contribution in [0.15, 0.2) is 35.5 Å². The molecule has 1 atom stereocenters. The van der Waals surface area contributed by atoms with Crippen molar-refractivity contribution in [2.45, 2.75) is 49.9 Å². The molecule has 0 radical (unpaired) electrons. The third-order valence-corrected chi connectivity index (χ3v) is 4.99. The molecule has 2 aromatic rings. The van der Waals surface area contributed by atoms with Crippen molar-refractivity contribution in [3.05, 3.63) is 36.2 Å². The van der Waals surface area contributed by atoms with Gasteiger partial charge in [-0.3, -0.25) is 9.36 Å². The van der Waals surface area contributed by atoms with Crippen LogP contribution in [0, 0.1) is 5.92 Å². The van der Waals surface area contributed by atoms with Gasteiger partial charge in [-0.2, -0.15) is 0 Å². The lowest BCUT2D eigenvalue weighted by Gasteiger charge is -2.14. The molecule has 0 spiro atoms. The number of rotatable bonds is 7. The Morgan fingerprint density at radius 3 is 2.58 bits per heavy atom. The molecule has 1 saturated carbocycles. The van der Waals surface area contributed by atoms with Gasteiger partial charge in [0.1, 0.15) is 5.82 Å². The van der Waals surface area contributed by atoms with Crippen LogP contribution < -0.4 is 5.32 Å². The van der Waals surface area contributed by atoms with E-state index in [9.17, 15) is 4.79 Å². The maximum atomic E-state index is 12.3. The lowest BCUT2D eigenvalue weighted by atomic mass is 10.2. The first kappa shape index (κ1) is 17.0. The minimum atomic E-state index is -0.206. The normalized spacial score (nSPS) is 15.5. The highest BCUT2D eigenvalue weighted by Gasteiger charge is 2.31. The number of benzene rings is 1. The van der Waals surface area contributed by atoms with Crippen molar-refractivity contribution in [2.24, 2.45) is 5.92 Å². The zero-order valence-electron chi connectivity index (χ0n) is 14.4. The molecule has 0 unspecified atom stereocenters. The average Bonchev–Trinajstić information content (AvgIpc) is 3.34. The van der Waals surface area contributed by atoms with Crippen molar-refractivity contribution in [1.82, 2.24) is 20.1 Å². The van der Waals surface area contributed by atoms with E-state index in [2.05, 4.69) is 46.1 Å². The van der Waals surface area contributed by atoms with Gasteiger partial charge >= 0.3 is 0 Å². The van der Waals surface area contributed by atoms with Gasteiger partial charge in [-0.05, 0) is 37.8 Å². The molecule has 1 aliphatic carbocycles. The standard InChI is InChI=1S/C18H24N4OS/c1-12(2)11-19-17(23)13(3)24-18-21-20-16(14-9-10-14)22(18)15-7-5-4-6-8-15/h4-8,12-14H,9-11H2,1-3H3,(H,19,23)/t13-/m0/s1. The van der Waals surface area contributed by atoms with E-state index in [4.69, 9.17) is 0 Å². The Balaban J connectivity index is 1.79. The van der Waals surface area contributed by atoms with Crippen LogP contribution >= 0.6 is 11.8 Å². The van der Waals surface area contributed by atoms with Crippen molar-refractivity contribution in [1.29, 1.82) is 0 Å². The molecule has 5 nitrogen and oxygen atoms in total. The Morgan fingerprint density at radius 1 is 1.25 bits per heavy atom. The van der Waals surface area contributed by atoms with E-state index in [0.29, 0.717) is 18.4 Å². The third-order valence-electron chi connectivity index (χ3n) is 3.95. The first-order valence-electron chi connectivity index (χ1n) is 8.51. The van der Waals surface area contributed by atoms with Gasteiger partial charge in [0.2, 0.25) is 5.91 Å². The van der Waals surface area contributed by atoms with Crippen LogP contribution in [0.25, 0.3) is 5.69 Å². The van der Waals surface area contributed by atoms with Gasteiger partial charge in [0.05, 0.1) is 5.25 Å². The molecule has 0 bridgehead atoms. The Hall–Kier alpha value is -1.82. The summed E-state index contributed by atoms with van der Waals surface area (Å²) in [6, 6.07) is 10.1. The summed E-state index contributed by atoms with van der Waals surface area (Å²) in [4.78, 5) is 12.3. The summed E-state index contributed by atoms with van der Waals surface area (Å²) in [6.45, 7) is 6.79. The second-order valence-electron chi connectivity index (χ2n) is 6.69. The van der Waals surface area contributed by atoms with Gasteiger partial charge in [-0.25, -0.2) is 0 Å². The maximum Gasteiger partial charge on any atom is 0.233 e. The van der Waals surface area contributed by atoms with E-state index in [-0.39, 0.29) is 11.2 Å². The summed E-state index contributed by atoms with van der Waals surface area (Å²) in [5.74, 6) is 2.00. The van der Waals surface area contributed by atoms with Crippen molar-refractivity contribution in [3.63, 3.8) is 0 Å². The maximum absolute atomic E-state index is 12.3. The summed E-state index contributed by atoms with van der Waals surface area (Å²) in [7, 11) is 0. The highest BCUT2D eigenvalue weighted by Crippen LogP contribution is 2.41. The summed E-state index contributed by atoms with van der Waals surface area (Å²) >= 11 is 1.47. The van der Waals surface area contributed by atoms with Gasteiger partial charge in [-0.15, -0.1) is 10.2 Å². The SMILES string of the molecule is CC(C)CNC(=O)[C@H](C)Sc1nnc(C2CC2)n1-c1ccccc1. The van der Waals surface area contributed by atoms with Crippen LogP contribution in [-0.4, -0.2) is 32.5 Å². The second-order valence-corrected chi connectivity index (χ2v) is 7.99. The minimum Gasteiger partial charge on any atom is -0.355 e. The predicted octanol–water partition coefficient (Wildman–Crippen LogP) is 3.40. The van der Waals surface area contributed by atoms with Crippen LogP contribution in [0.4, 0.5) is 0 Å². The summed E-state index contributed by atoms with van der Waals surface area (Å²) in [5.41, 5.74) is 1.06. The molecule has 1 fully saturated rings. The number of aromatic nitrogens is 3. The molecule has 0 aliphatic heterocycles. The van der Waals surface area contributed by atoms with E-state index in [0.717, 1.165) is 16.7 Å². The zero-order valence-corrected chi connectivity index (χ0v) is 15.2. The van der Waals surface area contributed by atoms with Gasteiger partial charge in [0.15, 0.2) is 5.16 Å². The molecule has 1 aliphatic rings. The average molecular weight is 344 g/mol. The number of carbonyl (C=O) groups excluding carboxylic acids is 1. The number of thioether (sulfide) groups is 1. The second kappa shape index (κ2) is 7.38.